The second-order valence-electron chi connectivity index (χ2n) is 5.90. The molecule has 0 spiro atoms. The molecule has 0 saturated heterocycles. The van der Waals surface area contributed by atoms with E-state index >= 15 is 0 Å². The monoisotopic (exact) mass is 454 g/mol. The SMILES string of the molecule is O=C(OC(=O)C(F)(F)F)c1ccc(Nc2ncc(Cl)c(Nc3ccc(F)cc3)n2)cc1. The third-order valence-electron chi connectivity index (χ3n) is 3.64. The first-order valence-electron chi connectivity index (χ1n) is 8.37. The highest BCUT2D eigenvalue weighted by Gasteiger charge is 2.42. The molecular formula is C19H11ClF4N4O3. The first-order valence-corrected chi connectivity index (χ1v) is 8.75. The standard InChI is InChI=1S/C19H11ClF4N4O3/c20-14-9-25-18(28-15(14)26-12-7-3-11(21)4-8-12)27-13-5-1-10(2-6-13)16(29)31-17(30)19(22,23)24/h1-9H,(H2,25,26,27,28). The van der Waals surface area contributed by atoms with Crippen LogP contribution in [0.1, 0.15) is 10.4 Å². The van der Waals surface area contributed by atoms with E-state index in [1.165, 1.54) is 42.6 Å². The van der Waals surface area contributed by atoms with Gasteiger partial charge in [0.05, 0.1) is 11.8 Å². The molecule has 0 saturated carbocycles. The zero-order valence-electron chi connectivity index (χ0n) is 15.2. The molecule has 0 bridgehead atoms. The number of anilines is 4. The number of carbonyl (C=O) groups excluding carboxylic acids is 2. The van der Waals surface area contributed by atoms with E-state index in [1.807, 2.05) is 0 Å². The minimum Gasteiger partial charge on any atom is -0.383 e. The zero-order valence-corrected chi connectivity index (χ0v) is 16.0. The highest BCUT2D eigenvalue weighted by molar-refractivity contribution is 6.32. The average molecular weight is 455 g/mol. The summed E-state index contributed by atoms with van der Waals surface area (Å²) in [6.07, 6.45) is -3.96. The van der Waals surface area contributed by atoms with Crippen LogP contribution >= 0.6 is 11.6 Å². The molecule has 31 heavy (non-hydrogen) atoms. The Morgan fingerprint density at radius 3 is 2.13 bits per heavy atom. The Labute approximate surface area is 177 Å². The van der Waals surface area contributed by atoms with E-state index in [1.54, 1.807) is 0 Å². The Bertz CT molecular complexity index is 1110. The topological polar surface area (TPSA) is 93.2 Å². The molecule has 0 atom stereocenters. The van der Waals surface area contributed by atoms with Crippen LogP contribution in [0.5, 0.6) is 0 Å². The van der Waals surface area contributed by atoms with Crippen LogP contribution in [0.15, 0.2) is 54.7 Å². The molecule has 12 heteroatoms. The maximum atomic E-state index is 13.0. The van der Waals surface area contributed by atoms with Crippen LogP contribution in [0.3, 0.4) is 0 Å². The molecule has 2 aromatic carbocycles. The fourth-order valence-electron chi connectivity index (χ4n) is 2.20. The maximum Gasteiger partial charge on any atom is 0.491 e. The largest absolute Gasteiger partial charge is 0.491 e. The van der Waals surface area contributed by atoms with Gasteiger partial charge in [0.25, 0.3) is 0 Å². The molecule has 0 fully saturated rings. The van der Waals surface area contributed by atoms with Crippen molar-refractivity contribution in [1.82, 2.24) is 9.97 Å². The van der Waals surface area contributed by atoms with Crippen molar-refractivity contribution < 1.29 is 31.9 Å². The summed E-state index contributed by atoms with van der Waals surface area (Å²) in [5, 5.41) is 5.92. The first-order chi connectivity index (χ1) is 14.6. The Morgan fingerprint density at radius 1 is 0.935 bits per heavy atom. The molecule has 0 amide bonds. The maximum absolute atomic E-state index is 13.0. The number of esters is 2. The minimum absolute atomic E-state index is 0.108. The number of nitrogens with one attached hydrogen (secondary N) is 2. The van der Waals surface area contributed by atoms with E-state index in [0.29, 0.717) is 11.4 Å². The average Bonchev–Trinajstić information content (AvgIpc) is 2.72. The second kappa shape index (κ2) is 8.96. The molecule has 3 aromatic rings. The summed E-state index contributed by atoms with van der Waals surface area (Å²) >= 11 is 6.06. The molecule has 1 heterocycles. The van der Waals surface area contributed by atoms with E-state index < -0.39 is 23.9 Å². The third-order valence-corrected chi connectivity index (χ3v) is 3.92. The van der Waals surface area contributed by atoms with Crippen LogP contribution in [0.2, 0.25) is 5.02 Å². The molecule has 0 aliphatic rings. The van der Waals surface area contributed by atoms with Gasteiger partial charge >= 0.3 is 18.1 Å². The van der Waals surface area contributed by atoms with Gasteiger partial charge in [0.2, 0.25) is 5.95 Å². The Kier molecular flexibility index (Phi) is 6.35. The van der Waals surface area contributed by atoms with Crippen molar-refractivity contribution in [2.75, 3.05) is 10.6 Å². The summed E-state index contributed by atoms with van der Waals surface area (Å²) in [6, 6.07) is 10.5. The predicted molar refractivity (Wildman–Crippen MR) is 103 cm³/mol. The van der Waals surface area contributed by atoms with Gasteiger partial charge in [-0.05, 0) is 48.5 Å². The summed E-state index contributed by atoms with van der Waals surface area (Å²) in [5.41, 5.74) is 0.650. The lowest BCUT2D eigenvalue weighted by Gasteiger charge is -2.10. The minimum atomic E-state index is -5.28. The van der Waals surface area contributed by atoms with E-state index in [2.05, 4.69) is 25.3 Å². The number of ether oxygens (including phenoxy) is 1. The van der Waals surface area contributed by atoms with Crippen molar-refractivity contribution >= 4 is 46.7 Å². The van der Waals surface area contributed by atoms with E-state index in [9.17, 15) is 27.2 Å². The summed E-state index contributed by atoms with van der Waals surface area (Å²) in [4.78, 5) is 30.5. The van der Waals surface area contributed by atoms with Gasteiger partial charge < -0.3 is 15.4 Å². The van der Waals surface area contributed by atoms with E-state index in [-0.39, 0.29) is 22.4 Å². The first kappa shape index (κ1) is 22.0. The molecular weight excluding hydrogens is 444 g/mol. The predicted octanol–water partition coefficient (Wildman–Crippen LogP) is 5.00. The number of halogens is 5. The Hall–Kier alpha value is -3.73. The smallest absolute Gasteiger partial charge is 0.383 e. The van der Waals surface area contributed by atoms with Gasteiger partial charge in [-0.15, -0.1) is 0 Å². The lowest BCUT2D eigenvalue weighted by atomic mass is 10.2. The third kappa shape index (κ3) is 5.89. The van der Waals surface area contributed by atoms with Gasteiger partial charge in [0.1, 0.15) is 10.8 Å². The normalized spacial score (nSPS) is 11.0. The number of hydrogen-bond donors (Lipinski definition) is 2. The molecule has 0 radical (unpaired) electrons. The molecule has 0 unspecified atom stereocenters. The molecule has 7 nitrogen and oxygen atoms in total. The van der Waals surface area contributed by atoms with Crippen LogP contribution in [0, 0.1) is 5.82 Å². The number of alkyl halides is 3. The van der Waals surface area contributed by atoms with E-state index in [0.717, 1.165) is 12.1 Å². The molecule has 2 N–H and O–H groups in total. The lowest BCUT2D eigenvalue weighted by molar-refractivity contribution is -0.193. The number of aromatic nitrogens is 2. The van der Waals surface area contributed by atoms with Crippen molar-refractivity contribution in [1.29, 1.82) is 0 Å². The van der Waals surface area contributed by atoms with Crippen LogP contribution in [0.4, 0.5) is 40.7 Å². The van der Waals surface area contributed by atoms with Crippen LogP contribution < -0.4 is 10.6 Å². The number of nitrogens with zero attached hydrogens (tertiary/aromatic N) is 2. The lowest BCUT2D eigenvalue weighted by Crippen LogP contribution is -2.28. The quantitative estimate of drug-likeness (QED) is 0.318. The number of rotatable bonds is 5. The van der Waals surface area contributed by atoms with Crippen molar-refractivity contribution in [3.8, 4) is 0 Å². The molecule has 160 valence electrons. The van der Waals surface area contributed by atoms with Crippen LogP contribution in [0.25, 0.3) is 0 Å². The fraction of sp³-hybridized carbons (Fsp3) is 0.0526. The van der Waals surface area contributed by atoms with Gasteiger partial charge in [-0.3, -0.25) is 0 Å². The Morgan fingerprint density at radius 2 is 1.52 bits per heavy atom. The number of benzene rings is 2. The molecule has 0 aliphatic carbocycles. The highest BCUT2D eigenvalue weighted by Crippen LogP contribution is 2.25. The molecule has 3 rings (SSSR count). The van der Waals surface area contributed by atoms with Crippen molar-refractivity contribution in [3.05, 3.63) is 71.1 Å². The highest BCUT2D eigenvalue weighted by atomic mass is 35.5. The van der Waals surface area contributed by atoms with Gasteiger partial charge in [0, 0.05) is 11.4 Å². The van der Waals surface area contributed by atoms with E-state index in [4.69, 9.17) is 11.6 Å². The van der Waals surface area contributed by atoms with Gasteiger partial charge in [-0.25, -0.2) is 19.0 Å². The number of carbonyl (C=O) groups is 2. The van der Waals surface area contributed by atoms with Crippen LogP contribution in [-0.2, 0) is 9.53 Å². The van der Waals surface area contributed by atoms with Crippen molar-refractivity contribution in [2.45, 2.75) is 6.18 Å². The van der Waals surface area contributed by atoms with Crippen molar-refractivity contribution in [3.63, 3.8) is 0 Å². The van der Waals surface area contributed by atoms with Gasteiger partial charge in [0.15, 0.2) is 5.82 Å². The van der Waals surface area contributed by atoms with Gasteiger partial charge in [-0.2, -0.15) is 18.2 Å². The van der Waals surface area contributed by atoms with Gasteiger partial charge in [-0.1, -0.05) is 11.6 Å². The Balaban J connectivity index is 1.69. The fourth-order valence-corrected chi connectivity index (χ4v) is 2.34. The molecule has 1 aromatic heterocycles. The number of hydrogen-bond acceptors (Lipinski definition) is 7. The summed E-state index contributed by atoms with van der Waals surface area (Å²) in [5.74, 6) is -4.11. The second-order valence-corrected chi connectivity index (χ2v) is 6.31. The summed E-state index contributed by atoms with van der Waals surface area (Å²) in [6.45, 7) is 0. The van der Waals surface area contributed by atoms with Crippen LogP contribution in [-0.4, -0.2) is 28.1 Å². The zero-order chi connectivity index (χ0) is 22.6. The summed E-state index contributed by atoms with van der Waals surface area (Å²) < 4.78 is 53.3. The molecule has 0 aliphatic heterocycles. The van der Waals surface area contributed by atoms with Crippen molar-refractivity contribution in [2.24, 2.45) is 0 Å². The summed E-state index contributed by atoms with van der Waals surface area (Å²) in [7, 11) is 0.